The zero-order chi connectivity index (χ0) is 22.1. The summed E-state index contributed by atoms with van der Waals surface area (Å²) in [5.74, 6) is 0.884. The third-order valence-corrected chi connectivity index (χ3v) is 6.02. The maximum atomic E-state index is 12.3. The molecule has 3 rings (SSSR count). The number of carbonyl (C=O) groups excluding carboxylic acids is 1. The molecule has 1 saturated heterocycles. The maximum Gasteiger partial charge on any atom is 0.252 e. The van der Waals surface area contributed by atoms with Crippen LogP contribution >= 0.6 is 0 Å². The van der Waals surface area contributed by atoms with Crippen molar-refractivity contribution in [2.24, 2.45) is 0 Å². The van der Waals surface area contributed by atoms with Gasteiger partial charge in [0.2, 0.25) is 0 Å². The number of unbranched alkanes of at least 4 members (excludes halogenated alkanes) is 1. The van der Waals surface area contributed by atoms with Crippen LogP contribution in [0.3, 0.4) is 0 Å². The molecule has 0 aliphatic carbocycles. The number of aryl methyl sites for hydroxylation is 1. The molecular formula is C25H37N5O. The van der Waals surface area contributed by atoms with Crippen molar-refractivity contribution in [3.8, 4) is 0 Å². The van der Waals surface area contributed by atoms with E-state index in [1.807, 2.05) is 12.1 Å². The Morgan fingerprint density at radius 1 is 1.06 bits per heavy atom. The van der Waals surface area contributed by atoms with Crippen molar-refractivity contribution in [3.05, 3.63) is 53.7 Å². The van der Waals surface area contributed by atoms with Gasteiger partial charge in [0.05, 0.1) is 5.56 Å². The molecule has 1 N–H and O–H groups in total. The van der Waals surface area contributed by atoms with Crippen LogP contribution in [0, 0.1) is 6.92 Å². The van der Waals surface area contributed by atoms with Gasteiger partial charge in [-0.05, 0) is 70.0 Å². The molecule has 1 aliphatic heterocycles. The second-order valence-electron chi connectivity index (χ2n) is 8.21. The minimum Gasteiger partial charge on any atom is -0.369 e. The number of hydrogen-bond acceptors (Lipinski definition) is 5. The fraction of sp³-hybridized carbons (Fsp3) is 0.520. The average molecular weight is 424 g/mol. The van der Waals surface area contributed by atoms with Gasteiger partial charge in [0.15, 0.2) is 0 Å². The van der Waals surface area contributed by atoms with Gasteiger partial charge in [-0.1, -0.05) is 12.1 Å². The van der Waals surface area contributed by atoms with Crippen LogP contribution in [0.15, 0.2) is 42.6 Å². The maximum absolute atomic E-state index is 12.3. The van der Waals surface area contributed by atoms with E-state index in [-0.39, 0.29) is 5.91 Å². The summed E-state index contributed by atoms with van der Waals surface area (Å²) in [5.41, 5.74) is 3.28. The number of amides is 1. The predicted molar refractivity (Wildman–Crippen MR) is 129 cm³/mol. The van der Waals surface area contributed by atoms with Crippen LogP contribution in [0.4, 0.5) is 11.5 Å². The van der Waals surface area contributed by atoms with E-state index in [4.69, 9.17) is 0 Å². The Morgan fingerprint density at radius 3 is 2.48 bits per heavy atom. The van der Waals surface area contributed by atoms with Crippen LogP contribution in [0.1, 0.15) is 42.6 Å². The lowest BCUT2D eigenvalue weighted by Gasteiger charge is -2.36. The van der Waals surface area contributed by atoms with E-state index in [2.05, 4.69) is 70.0 Å². The highest BCUT2D eigenvalue weighted by Gasteiger charge is 2.16. The Bertz CT molecular complexity index is 811. The Labute approximate surface area is 187 Å². The second kappa shape index (κ2) is 11.7. The van der Waals surface area contributed by atoms with Gasteiger partial charge in [-0.3, -0.25) is 9.69 Å². The Morgan fingerprint density at radius 2 is 1.84 bits per heavy atom. The number of piperazine rings is 1. The van der Waals surface area contributed by atoms with Crippen molar-refractivity contribution in [1.29, 1.82) is 0 Å². The van der Waals surface area contributed by atoms with E-state index in [9.17, 15) is 4.79 Å². The third-order valence-electron chi connectivity index (χ3n) is 6.02. The minimum atomic E-state index is -0.0367. The third kappa shape index (κ3) is 6.69. The van der Waals surface area contributed by atoms with Crippen molar-refractivity contribution in [3.63, 3.8) is 0 Å². The number of aromatic nitrogens is 1. The van der Waals surface area contributed by atoms with Gasteiger partial charge in [-0.25, -0.2) is 4.98 Å². The van der Waals surface area contributed by atoms with Crippen LogP contribution in [0.25, 0.3) is 0 Å². The Balaban J connectivity index is 1.31. The first-order chi connectivity index (χ1) is 15.1. The molecule has 6 heteroatoms. The highest BCUT2D eigenvalue weighted by atomic mass is 16.1. The fourth-order valence-electron chi connectivity index (χ4n) is 4.07. The SMILES string of the molecule is CCN(CC)c1ccc(C(=O)NCCCCN2CCN(c3cccc(C)c3)CC2)cn1. The molecule has 0 atom stereocenters. The van der Waals surface area contributed by atoms with E-state index in [0.717, 1.165) is 64.5 Å². The van der Waals surface area contributed by atoms with E-state index >= 15 is 0 Å². The molecule has 2 heterocycles. The van der Waals surface area contributed by atoms with Crippen LogP contribution < -0.4 is 15.1 Å². The molecule has 1 aromatic carbocycles. The smallest absolute Gasteiger partial charge is 0.252 e. The summed E-state index contributed by atoms with van der Waals surface area (Å²) < 4.78 is 0. The summed E-state index contributed by atoms with van der Waals surface area (Å²) in [4.78, 5) is 24.0. The van der Waals surface area contributed by atoms with Crippen molar-refractivity contribution >= 4 is 17.4 Å². The van der Waals surface area contributed by atoms with Crippen LogP contribution in [-0.2, 0) is 0 Å². The topological polar surface area (TPSA) is 51.7 Å². The number of benzene rings is 1. The quantitative estimate of drug-likeness (QED) is 0.592. The monoisotopic (exact) mass is 423 g/mol. The van der Waals surface area contributed by atoms with Crippen LogP contribution in [0.2, 0.25) is 0 Å². The van der Waals surface area contributed by atoms with E-state index in [1.165, 1.54) is 11.3 Å². The summed E-state index contributed by atoms with van der Waals surface area (Å²) in [5, 5.41) is 3.03. The van der Waals surface area contributed by atoms with Crippen LogP contribution in [-0.4, -0.2) is 68.1 Å². The van der Waals surface area contributed by atoms with Crippen LogP contribution in [0.5, 0.6) is 0 Å². The highest BCUT2D eigenvalue weighted by molar-refractivity contribution is 5.94. The summed E-state index contributed by atoms with van der Waals surface area (Å²) in [6.45, 7) is 14.4. The number of anilines is 2. The predicted octanol–water partition coefficient (Wildman–Crippen LogP) is 3.57. The number of rotatable bonds is 10. The van der Waals surface area contributed by atoms with Crippen molar-refractivity contribution in [1.82, 2.24) is 15.2 Å². The number of nitrogens with zero attached hydrogens (tertiary/aromatic N) is 4. The van der Waals surface area contributed by atoms with Gasteiger partial charge in [-0.2, -0.15) is 0 Å². The van der Waals surface area contributed by atoms with Gasteiger partial charge in [0.1, 0.15) is 5.82 Å². The number of nitrogens with one attached hydrogen (secondary N) is 1. The molecule has 1 fully saturated rings. The molecule has 6 nitrogen and oxygen atoms in total. The van der Waals surface area contributed by atoms with Gasteiger partial charge < -0.3 is 15.1 Å². The molecule has 1 amide bonds. The van der Waals surface area contributed by atoms with Gasteiger partial charge in [0, 0.05) is 57.7 Å². The molecule has 168 valence electrons. The molecule has 0 radical (unpaired) electrons. The molecule has 0 unspecified atom stereocenters. The lowest BCUT2D eigenvalue weighted by molar-refractivity contribution is 0.0952. The second-order valence-corrected chi connectivity index (χ2v) is 8.21. The van der Waals surface area contributed by atoms with Crippen molar-refractivity contribution in [2.75, 3.05) is 62.2 Å². The number of carbonyl (C=O) groups is 1. The highest BCUT2D eigenvalue weighted by Crippen LogP contribution is 2.18. The number of hydrogen-bond donors (Lipinski definition) is 1. The lowest BCUT2D eigenvalue weighted by Crippen LogP contribution is -2.46. The molecule has 1 aliphatic rings. The first-order valence-corrected chi connectivity index (χ1v) is 11.6. The molecule has 2 aromatic rings. The van der Waals surface area contributed by atoms with Crippen molar-refractivity contribution in [2.45, 2.75) is 33.6 Å². The zero-order valence-corrected chi connectivity index (χ0v) is 19.3. The molecule has 0 bridgehead atoms. The fourth-order valence-corrected chi connectivity index (χ4v) is 4.07. The molecule has 0 saturated carbocycles. The largest absolute Gasteiger partial charge is 0.369 e. The van der Waals surface area contributed by atoms with E-state index in [1.54, 1.807) is 6.20 Å². The molecule has 31 heavy (non-hydrogen) atoms. The lowest BCUT2D eigenvalue weighted by atomic mass is 10.2. The average Bonchev–Trinajstić information content (AvgIpc) is 2.80. The van der Waals surface area contributed by atoms with E-state index in [0.29, 0.717) is 12.1 Å². The minimum absolute atomic E-state index is 0.0367. The van der Waals surface area contributed by atoms with Gasteiger partial charge >= 0.3 is 0 Å². The van der Waals surface area contributed by atoms with Gasteiger partial charge in [0.25, 0.3) is 5.91 Å². The van der Waals surface area contributed by atoms with E-state index < -0.39 is 0 Å². The van der Waals surface area contributed by atoms with Crippen molar-refractivity contribution < 1.29 is 4.79 Å². The first kappa shape index (κ1) is 23.1. The summed E-state index contributed by atoms with van der Waals surface area (Å²) in [6, 6.07) is 12.6. The first-order valence-electron chi connectivity index (χ1n) is 11.6. The van der Waals surface area contributed by atoms with Gasteiger partial charge in [-0.15, -0.1) is 0 Å². The summed E-state index contributed by atoms with van der Waals surface area (Å²) >= 11 is 0. The molecule has 0 spiro atoms. The molecule has 1 aromatic heterocycles. The number of pyridine rings is 1. The Hall–Kier alpha value is -2.60. The summed E-state index contributed by atoms with van der Waals surface area (Å²) in [7, 11) is 0. The normalized spacial score (nSPS) is 14.5. The molecular weight excluding hydrogens is 386 g/mol. The summed E-state index contributed by atoms with van der Waals surface area (Å²) in [6.07, 6.45) is 3.77. The Kier molecular flexibility index (Phi) is 8.71. The standard InChI is InChI=1S/C25H37N5O/c1-4-29(5-2)24-12-11-22(20-27-24)25(31)26-13-6-7-14-28-15-17-30(18-16-28)23-10-8-9-21(3)19-23/h8-12,19-20H,4-7,13-18H2,1-3H3,(H,26,31). The zero-order valence-electron chi connectivity index (χ0n) is 19.3.